The van der Waals surface area contributed by atoms with Gasteiger partial charge in [-0.1, -0.05) is 4.98 Å². The van der Waals surface area contributed by atoms with Crippen LogP contribution in [0.15, 0.2) is 12.4 Å². The summed E-state index contributed by atoms with van der Waals surface area (Å²) in [4.78, 5) is 13.4. The summed E-state index contributed by atoms with van der Waals surface area (Å²) in [7, 11) is 0. The van der Waals surface area contributed by atoms with Gasteiger partial charge in [-0.25, -0.2) is 4.39 Å². The van der Waals surface area contributed by atoms with E-state index in [0.717, 1.165) is 4.57 Å². The van der Waals surface area contributed by atoms with E-state index in [0.29, 0.717) is 0 Å². The summed E-state index contributed by atoms with van der Waals surface area (Å²) < 4.78 is 19.7. The lowest BCUT2D eigenvalue weighted by molar-refractivity contribution is -0.398. The van der Waals surface area contributed by atoms with Crippen LogP contribution in [0.25, 0.3) is 0 Å². The van der Waals surface area contributed by atoms with Crippen LogP contribution in [0.4, 0.5) is 10.3 Å². The first-order valence-electron chi connectivity index (χ1n) is 4.71. The number of imidazole rings is 1. The van der Waals surface area contributed by atoms with Crippen LogP contribution >= 0.6 is 0 Å². The second kappa shape index (κ2) is 4.14. The number of nitrogens with zero attached hydrogens (tertiary/aromatic N) is 3. The molecule has 0 radical (unpaired) electrons. The summed E-state index contributed by atoms with van der Waals surface area (Å²) in [6.45, 7) is -0.306. The Morgan fingerprint density at radius 3 is 3.12 bits per heavy atom. The van der Waals surface area contributed by atoms with Crippen LogP contribution in [-0.4, -0.2) is 38.5 Å². The molecule has 7 nitrogen and oxygen atoms in total. The van der Waals surface area contributed by atoms with E-state index in [9.17, 15) is 14.5 Å². The van der Waals surface area contributed by atoms with Gasteiger partial charge in [-0.05, 0) is 4.92 Å². The molecule has 0 unspecified atom stereocenters. The molecular formula is C8H10FN3O4. The van der Waals surface area contributed by atoms with Crippen LogP contribution in [0.2, 0.25) is 0 Å². The number of halogens is 1. The zero-order valence-electron chi connectivity index (χ0n) is 8.19. The Morgan fingerprint density at radius 1 is 1.81 bits per heavy atom. The number of hydrogen-bond donors (Lipinski definition) is 1. The molecule has 0 amide bonds. The van der Waals surface area contributed by atoms with E-state index >= 15 is 0 Å². The molecular weight excluding hydrogens is 221 g/mol. The molecule has 1 aromatic heterocycles. The normalized spacial score (nSPS) is 29.5. The molecule has 0 bridgehead atoms. The van der Waals surface area contributed by atoms with Crippen molar-refractivity contribution in [1.82, 2.24) is 9.55 Å². The van der Waals surface area contributed by atoms with Gasteiger partial charge in [0, 0.05) is 6.42 Å². The van der Waals surface area contributed by atoms with Crippen molar-refractivity contribution in [3.8, 4) is 0 Å². The zero-order chi connectivity index (χ0) is 11.7. The highest BCUT2D eigenvalue weighted by Crippen LogP contribution is 2.33. The molecule has 1 aliphatic heterocycles. The fourth-order valence-electron chi connectivity index (χ4n) is 1.71. The highest BCUT2D eigenvalue weighted by atomic mass is 19.1. The van der Waals surface area contributed by atoms with E-state index in [-0.39, 0.29) is 13.0 Å². The molecule has 1 aliphatic rings. The maximum atomic E-state index is 13.5. The van der Waals surface area contributed by atoms with E-state index in [1.54, 1.807) is 0 Å². The van der Waals surface area contributed by atoms with Gasteiger partial charge in [-0.3, -0.25) is 0 Å². The molecule has 0 saturated carbocycles. The molecule has 0 aliphatic carbocycles. The SMILES string of the molecule is O=[N+]([O-])c1nccn1[C@@H]1O[C@H](CO)C[C@H]1F. The summed E-state index contributed by atoms with van der Waals surface area (Å²) in [5, 5.41) is 19.4. The van der Waals surface area contributed by atoms with Crippen LogP contribution in [0, 0.1) is 10.1 Å². The van der Waals surface area contributed by atoms with Crippen molar-refractivity contribution in [2.45, 2.75) is 24.9 Å². The van der Waals surface area contributed by atoms with Crippen molar-refractivity contribution >= 4 is 5.95 Å². The lowest BCUT2D eigenvalue weighted by Crippen LogP contribution is -2.18. The average Bonchev–Trinajstić information content (AvgIpc) is 2.82. The van der Waals surface area contributed by atoms with E-state index < -0.39 is 29.4 Å². The largest absolute Gasteiger partial charge is 0.436 e. The lowest BCUT2D eigenvalue weighted by Gasteiger charge is -2.12. The number of ether oxygens (including phenoxy) is 1. The summed E-state index contributed by atoms with van der Waals surface area (Å²) in [6, 6.07) is 0. The molecule has 88 valence electrons. The maximum Gasteiger partial charge on any atom is 0.436 e. The van der Waals surface area contributed by atoms with Crippen molar-refractivity contribution in [2.24, 2.45) is 0 Å². The molecule has 3 atom stereocenters. The number of aromatic nitrogens is 2. The molecule has 1 N–H and O–H groups in total. The number of hydrogen-bond acceptors (Lipinski definition) is 5. The van der Waals surface area contributed by atoms with Gasteiger partial charge in [-0.2, -0.15) is 4.57 Å². The van der Waals surface area contributed by atoms with Gasteiger partial charge in [-0.15, -0.1) is 0 Å². The number of nitro groups is 1. The first kappa shape index (κ1) is 11.0. The summed E-state index contributed by atoms with van der Waals surface area (Å²) in [6.07, 6.45) is -0.571. The van der Waals surface area contributed by atoms with E-state index in [1.165, 1.54) is 12.4 Å². The first-order valence-corrected chi connectivity index (χ1v) is 4.71. The number of alkyl halides is 1. The molecule has 8 heteroatoms. The monoisotopic (exact) mass is 231 g/mol. The summed E-state index contributed by atoms with van der Waals surface area (Å²) in [5.74, 6) is -0.466. The van der Waals surface area contributed by atoms with E-state index in [4.69, 9.17) is 9.84 Å². The third-order valence-corrected chi connectivity index (χ3v) is 2.42. The Bertz CT molecular complexity index is 396. The van der Waals surface area contributed by atoms with Crippen LogP contribution in [0.3, 0.4) is 0 Å². The highest BCUT2D eigenvalue weighted by Gasteiger charge is 2.40. The minimum absolute atomic E-state index is 0.0243. The van der Waals surface area contributed by atoms with Crippen molar-refractivity contribution < 1.29 is 19.2 Å². The van der Waals surface area contributed by atoms with Crippen LogP contribution in [0.1, 0.15) is 12.6 Å². The van der Waals surface area contributed by atoms with Crippen molar-refractivity contribution in [1.29, 1.82) is 0 Å². The summed E-state index contributed by atoms with van der Waals surface area (Å²) in [5.41, 5.74) is 0. The Labute approximate surface area is 89.6 Å². The lowest BCUT2D eigenvalue weighted by atomic mass is 10.2. The second-order valence-corrected chi connectivity index (χ2v) is 3.47. The molecule has 2 rings (SSSR count). The van der Waals surface area contributed by atoms with Gasteiger partial charge in [0.25, 0.3) is 0 Å². The highest BCUT2D eigenvalue weighted by molar-refractivity contribution is 5.09. The molecule has 0 aromatic carbocycles. The number of rotatable bonds is 3. The van der Waals surface area contributed by atoms with Gasteiger partial charge < -0.3 is 20.0 Å². The standard InChI is InChI=1S/C8H10FN3O4/c9-6-3-5(4-13)16-7(6)11-2-1-10-8(11)12(14)15/h1-2,5-7,13H,3-4H2/t5-,6+,7+/m0/s1. The average molecular weight is 231 g/mol. The van der Waals surface area contributed by atoms with Gasteiger partial charge >= 0.3 is 5.95 Å². The molecule has 1 fully saturated rings. The van der Waals surface area contributed by atoms with E-state index in [2.05, 4.69) is 4.98 Å². The minimum atomic E-state index is -1.38. The number of aliphatic hydroxyl groups excluding tert-OH is 1. The smallest absolute Gasteiger partial charge is 0.394 e. The first-order chi connectivity index (χ1) is 7.63. The summed E-state index contributed by atoms with van der Waals surface area (Å²) >= 11 is 0. The Morgan fingerprint density at radius 2 is 2.56 bits per heavy atom. The molecule has 16 heavy (non-hydrogen) atoms. The number of aliphatic hydroxyl groups is 1. The predicted octanol–water partition coefficient (Wildman–Crippen LogP) is 0.409. The van der Waals surface area contributed by atoms with Crippen molar-refractivity contribution in [2.75, 3.05) is 6.61 Å². The van der Waals surface area contributed by atoms with Gasteiger partial charge in [0.05, 0.1) is 12.7 Å². The molecule has 1 aromatic rings. The quantitative estimate of drug-likeness (QED) is 0.601. The fraction of sp³-hybridized carbons (Fsp3) is 0.625. The topological polar surface area (TPSA) is 90.4 Å². The second-order valence-electron chi connectivity index (χ2n) is 3.47. The predicted molar refractivity (Wildman–Crippen MR) is 49.4 cm³/mol. The fourth-order valence-corrected chi connectivity index (χ4v) is 1.71. The third kappa shape index (κ3) is 1.76. The van der Waals surface area contributed by atoms with Crippen molar-refractivity contribution in [3.63, 3.8) is 0 Å². The van der Waals surface area contributed by atoms with Crippen LogP contribution in [0.5, 0.6) is 0 Å². The molecule has 0 spiro atoms. The van der Waals surface area contributed by atoms with Gasteiger partial charge in [0.2, 0.25) is 6.23 Å². The Kier molecular flexibility index (Phi) is 2.84. The van der Waals surface area contributed by atoms with Crippen molar-refractivity contribution in [3.05, 3.63) is 22.5 Å². The van der Waals surface area contributed by atoms with Gasteiger partial charge in [0.15, 0.2) is 6.17 Å². The van der Waals surface area contributed by atoms with Gasteiger partial charge in [0.1, 0.15) is 12.4 Å². The molecule has 2 heterocycles. The Hall–Kier alpha value is -1.54. The van der Waals surface area contributed by atoms with E-state index in [1.807, 2.05) is 0 Å². The maximum absolute atomic E-state index is 13.5. The molecule has 1 saturated heterocycles. The van der Waals surface area contributed by atoms with Crippen LogP contribution < -0.4 is 0 Å². The third-order valence-electron chi connectivity index (χ3n) is 2.42. The van der Waals surface area contributed by atoms with Crippen LogP contribution in [-0.2, 0) is 4.74 Å². The zero-order valence-corrected chi connectivity index (χ0v) is 8.19. The minimum Gasteiger partial charge on any atom is -0.394 e. The Balaban J connectivity index is 2.24.